The van der Waals surface area contributed by atoms with Gasteiger partial charge in [0, 0.05) is 26.2 Å². The van der Waals surface area contributed by atoms with Gasteiger partial charge in [-0.15, -0.1) is 11.3 Å². The van der Waals surface area contributed by atoms with Gasteiger partial charge in [0.1, 0.15) is 11.4 Å². The summed E-state index contributed by atoms with van der Waals surface area (Å²) in [6, 6.07) is 14.1. The normalized spacial score (nSPS) is 15.3. The summed E-state index contributed by atoms with van der Waals surface area (Å²) in [6.07, 6.45) is 0. The molecule has 1 aromatic carbocycles. The van der Waals surface area contributed by atoms with Gasteiger partial charge in [0.05, 0.1) is 10.6 Å². The Bertz CT molecular complexity index is 924. The topological polar surface area (TPSA) is 41.4 Å². The van der Waals surface area contributed by atoms with Crippen molar-refractivity contribution in [3.63, 3.8) is 0 Å². The Kier molecular flexibility index (Phi) is 5.09. The van der Waals surface area contributed by atoms with E-state index in [0.717, 1.165) is 54.5 Å². The highest BCUT2D eigenvalue weighted by atomic mass is 32.1. The minimum atomic E-state index is 0.0579. The lowest BCUT2D eigenvalue weighted by Gasteiger charge is -2.34. The Morgan fingerprint density at radius 3 is 2.59 bits per heavy atom. The van der Waals surface area contributed by atoms with Gasteiger partial charge in [0.15, 0.2) is 0 Å². The van der Waals surface area contributed by atoms with Crippen LogP contribution < -0.4 is 0 Å². The SMILES string of the molecule is CCN1CCN(C(=O)c2cc(-c3cccs3)nn2-c2cccc(C)c2)CC1. The molecule has 3 aromatic rings. The Morgan fingerprint density at radius 1 is 1.11 bits per heavy atom. The van der Waals surface area contributed by atoms with Crippen molar-refractivity contribution in [2.75, 3.05) is 32.7 Å². The van der Waals surface area contributed by atoms with E-state index in [1.54, 1.807) is 16.0 Å². The maximum Gasteiger partial charge on any atom is 0.272 e. The van der Waals surface area contributed by atoms with Crippen LogP contribution >= 0.6 is 11.3 Å². The van der Waals surface area contributed by atoms with E-state index in [0.29, 0.717) is 5.69 Å². The molecule has 0 atom stereocenters. The minimum Gasteiger partial charge on any atom is -0.335 e. The second kappa shape index (κ2) is 7.66. The monoisotopic (exact) mass is 380 g/mol. The molecule has 3 heterocycles. The van der Waals surface area contributed by atoms with Crippen LogP contribution in [0.5, 0.6) is 0 Å². The predicted molar refractivity (Wildman–Crippen MR) is 110 cm³/mol. The van der Waals surface area contributed by atoms with Crippen LogP contribution in [0, 0.1) is 6.92 Å². The number of benzene rings is 1. The lowest BCUT2D eigenvalue weighted by atomic mass is 10.2. The summed E-state index contributed by atoms with van der Waals surface area (Å²) >= 11 is 1.64. The Balaban J connectivity index is 1.71. The fraction of sp³-hybridized carbons (Fsp3) is 0.333. The van der Waals surface area contributed by atoms with E-state index >= 15 is 0 Å². The van der Waals surface area contributed by atoms with Gasteiger partial charge < -0.3 is 9.80 Å². The first-order chi connectivity index (χ1) is 13.2. The number of nitrogens with zero attached hydrogens (tertiary/aromatic N) is 4. The molecule has 0 aliphatic carbocycles. The average Bonchev–Trinajstić information content (AvgIpc) is 3.37. The Morgan fingerprint density at radius 2 is 1.93 bits per heavy atom. The van der Waals surface area contributed by atoms with Crippen LogP contribution in [0.25, 0.3) is 16.3 Å². The summed E-state index contributed by atoms with van der Waals surface area (Å²) in [5.74, 6) is 0.0579. The zero-order chi connectivity index (χ0) is 18.8. The summed E-state index contributed by atoms with van der Waals surface area (Å²) in [6.45, 7) is 8.64. The van der Waals surface area contributed by atoms with E-state index in [1.807, 2.05) is 40.6 Å². The molecule has 5 nitrogen and oxygen atoms in total. The van der Waals surface area contributed by atoms with Crippen molar-refractivity contribution in [2.45, 2.75) is 13.8 Å². The number of aryl methyl sites for hydroxylation is 1. The van der Waals surface area contributed by atoms with Crippen molar-refractivity contribution in [1.82, 2.24) is 19.6 Å². The molecule has 1 aliphatic heterocycles. The highest BCUT2D eigenvalue weighted by Crippen LogP contribution is 2.27. The molecule has 1 amide bonds. The number of aromatic nitrogens is 2. The lowest BCUT2D eigenvalue weighted by molar-refractivity contribution is 0.0634. The van der Waals surface area contributed by atoms with E-state index in [2.05, 4.69) is 30.9 Å². The quantitative estimate of drug-likeness (QED) is 0.693. The molecule has 0 spiro atoms. The first-order valence-electron chi connectivity index (χ1n) is 9.38. The molecule has 0 N–H and O–H groups in total. The van der Waals surface area contributed by atoms with Gasteiger partial charge in [-0.3, -0.25) is 4.79 Å². The zero-order valence-corrected chi connectivity index (χ0v) is 16.6. The van der Waals surface area contributed by atoms with Gasteiger partial charge in [-0.25, -0.2) is 4.68 Å². The molecule has 4 rings (SSSR count). The molecule has 0 saturated carbocycles. The molecule has 1 fully saturated rings. The number of carbonyl (C=O) groups is 1. The van der Waals surface area contributed by atoms with Crippen molar-refractivity contribution < 1.29 is 4.79 Å². The van der Waals surface area contributed by atoms with Crippen LogP contribution in [-0.2, 0) is 0 Å². The Labute approximate surface area is 163 Å². The van der Waals surface area contributed by atoms with Crippen molar-refractivity contribution in [3.05, 3.63) is 59.1 Å². The van der Waals surface area contributed by atoms with E-state index in [1.165, 1.54) is 0 Å². The standard InChI is InChI=1S/C21H24N4OS/c1-3-23-9-11-24(12-10-23)21(26)19-15-18(20-8-5-13-27-20)22-25(19)17-7-4-6-16(2)14-17/h4-8,13-15H,3,9-12H2,1-2H3. The van der Waals surface area contributed by atoms with E-state index in [-0.39, 0.29) is 5.91 Å². The number of rotatable bonds is 4. The van der Waals surface area contributed by atoms with E-state index in [4.69, 9.17) is 5.10 Å². The molecule has 0 unspecified atom stereocenters. The number of carbonyl (C=O) groups excluding carboxylic acids is 1. The smallest absolute Gasteiger partial charge is 0.272 e. The molecule has 6 heteroatoms. The van der Waals surface area contributed by atoms with Crippen molar-refractivity contribution in [2.24, 2.45) is 0 Å². The highest BCUT2D eigenvalue weighted by Gasteiger charge is 2.26. The van der Waals surface area contributed by atoms with E-state index < -0.39 is 0 Å². The van der Waals surface area contributed by atoms with Crippen molar-refractivity contribution in [3.8, 4) is 16.3 Å². The summed E-state index contributed by atoms with van der Waals surface area (Å²) in [5.41, 5.74) is 3.56. The maximum absolute atomic E-state index is 13.3. The molecule has 1 aliphatic rings. The third-order valence-corrected chi connectivity index (χ3v) is 5.95. The molecular weight excluding hydrogens is 356 g/mol. The van der Waals surface area contributed by atoms with Gasteiger partial charge in [-0.05, 0) is 48.7 Å². The fourth-order valence-corrected chi connectivity index (χ4v) is 4.15. The number of hydrogen-bond donors (Lipinski definition) is 0. The third-order valence-electron chi connectivity index (χ3n) is 5.06. The maximum atomic E-state index is 13.3. The van der Waals surface area contributed by atoms with Crippen LogP contribution in [-0.4, -0.2) is 58.2 Å². The number of likely N-dealkylation sites (N-methyl/N-ethyl adjacent to an activating group) is 1. The highest BCUT2D eigenvalue weighted by molar-refractivity contribution is 7.13. The van der Waals surface area contributed by atoms with E-state index in [9.17, 15) is 4.79 Å². The van der Waals surface area contributed by atoms with Crippen LogP contribution in [0.4, 0.5) is 0 Å². The molecule has 27 heavy (non-hydrogen) atoms. The Hall–Kier alpha value is -2.44. The van der Waals surface area contributed by atoms with Crippen LogP contribution in [0.2, 0.25) is 0 Å². The molecular formula is C21H24N4OS. The van der Waals surface area contributed by atoms with Gasteiger partial charge >= 0.3 is 0 Å². The average molecular weight is 381 g/mol. The minimum absolute atomic E-state index is 0.0579. The summed E-state index contributed by atoms with van der Waals surface area (Å²) in [7, 11) is 0. The van der Waals surface area contributed by atoms with Crippen LogP contribution in [0.1, 0.15) is 23.0 Å². The number of hydrogen-bond acceptors (Lipinski definition) is 4. The first kappa shape index (κ1) is 17.9. The van der Waals surface area contributed by atoms with Gasteiger partial charge in [0.25, 0.3) is 5.91 Å². The second-order valence-electron chi connectivity index (χ2n) is 6.87. The molecule has 1 saturated heterocycles. The predicted octanol–water partition coefficient (Wildman–Crippen LogP) is 3.69. The lowest BCUT2D eigenvalue weighted by Crippen LogP contribution is -2.48. The van der Waals surface area contributed by atoms with Crippen LogP contribution in [0.15, 0.2) is 47.8 Å². The number of thiophene rings is 1. The number of piperazine rings is 1. The van der Waals surface area contributed by atoms with Crippen LogP contribution in [0.3, 0.4) is 0 Å². The molecule has 0 radical (unpaired) electrons. The summed E-state index contributed by atoms with van der Waals surface area (Å²) < 4.78 is 1.80. The first-order valence-corrected chi connectivity index (χ1v) is 10.3. The largest absolute Gasteiger partial charge is 0.335 e. The van der Waals surface area contributed by atoms with Gasteiger partial charge in [-0.1, -0.05) is 25.1 Å². The van der Waals surface area contributed by atoms with Crippen molar-refractivity contribution >= 4 is 17.2 Å². The zero-order valence-electron chi connectivity index (χ0n) is 15.8. The molecule has 140 valence electrons. The number of amides is 1. The molecule has 0 bridgehead atoms. The third kappa shape index (κ3) is 3.68. The fourth-order valence-electron chi connectivity index (χ4n) is 3.46. The molecule has 2 aromatic heterocycles. The van der Waals surface area contributed by atoms with Gasteiger partial charge in [0.2, 0.25) is 0 Å². The summed E-state index contributed by atoms with van der Waals surface area (Å²) in [5, 5.41) is 6.81. The van der Waals surface area contributed by atoms with Crippen molar-refractivity contribution in [1.29, 1.82) is 0 Å². The second-order valence-corrected chi connectivity index (χ2v) is 7.82. The summed E-state index contributed by atoms with van der Waals surface area (Å²) in [4.78, 5) is 18.7. The van der Waals surface area contributed by atoms with Gasteiger partial charge in [-0.2, -0.15) is 5.10 Å².